The molecule has 1 N–H and O–H groups in total. The van der Waals surface area contributed by atoms with Crippen molar-refractivity contribution in [3.63, 3.8) is 0 Å². The summed E-state index contributed by atoms with van der Waals surface area (Å²) in [6, 6.07) is 0. The highest BCUT2D eigenvalue weighted by Crippen LogP contribution is 2.69. The van der Waals surface area contributed by atoms with Gasteiger partial charge in [0.05, 0.1) is 6.10 Å². The summed E-state index contributed by atoms with van der Waals surface area (Å²) in [5.41, 5.74) is 0.507. The zero-order valence-corrected chi connectivity index (χ0v) is 7.96. The largest absolute Gasteiger partial charge is 0.393 e. The number of aliphatic hydroxyl groups excluding tert-OH is 1. The van der Waals surface area contributed by atoms with Crippen LogP contribution >= 0.6 is 0 Å². The van der Waals surface area contributed by atoms with E-state index >= 15 is 0 Å². The molecule has 3 aliphatic carbocycles. The van der Waals surface area contributed by atoms with Crippen molar-refractivity contribution in [1.29, 1.82) is 0 Å². The fraction of sp³-hybridized carbons (Fsp3) is 1.00. The quantitative estimate of drug-likeness (QED) is 0.584. The van der Waals surface area contributed by atoms with Crippen LogP contribution in [0, 0.1) is 29.1 Å². The van der Waals surface area contributed by atoms with Gasteiger partial charge in [0.1, 0.15) is 0 Å². The lowest BCUT2D eigenvalue weighted by Crippen LogP contribution is -2.35. The van der Waals surface area contributed by atoms with Crippen molar-refractivity contribution in [3.8, 4) is 0 Å². The van der Waals surface area contributed by atoms with Crippen molar-refractivity contribution in [2.45, 2.75) is 39.2 Å². The van der Waals surface area contributed by atoms with Crippen LogP contribution in [-0.2, 0) is 0 Å². The standard InChI is InChI=1S/C11H18O/c1-6-3-8-7-4-9(12)10(8)11(6,2)5-7/h6-10,12H,3-5H2,1-2H3/t6-,7-,8?,9+,10-,11?/m0/s1. The maximum absolute atomic E-state index is 9.88. The van der Waals surface area contributed by atoms with E-state index in [1.54, 1.807) is 0 Å². The summed E-state index contributed by atoms with van der Waals surface area (Å²) in [5, 5.41) is 9.88. The number of rotatable bonds is 0. The van der Waals surface area contributed by atoms with Crippen LogP contribution in [0.3, 0.4) is 0 Å². The maximum atomic E-state index is 9.88. The molecule has 4 bridgehead atoms. The highest BCUT2D eigenvalue weighted by atomic mass is 16.3. The molecule has 0 amide bonds. The van der Waals surface area contributed by atoms with Gasteiger partial charge >= 0.3 is 0 Å². The van der Waals surface area contributed by atoms with Gasteiger partial charge in [0.15, 0.2) is 0 Å². The van der Waals surface area contributed by atoms with Crippen molar-refractivity contribution in [2.24, 2.45) is 29.1 Å². The Balaban J connectivity index is 2.03. The molecule has 1 nitrogen and oxygen atoms in total. The molecule has 3 fully saturated rings. The molecule has 0 spiro atoms. The summed E-state index contributed by atoms with van der Waals surface area (Å²) < 4.78 is 0. The van der Waals surface area contributed by atoms with Crippen molar-refractivity contribution in [3.05, 3.63) is 0 Å². The summed E-state index contributed by atoms with van der Waals surface area (Å²) in [4.78, 5) is 0. The Kier molecular flexibility index (Phi) is 1.16. The van der Waals surface area contributed by atoms with E-state index < -0.39 is 0 Å². The van der Waals surface area contributed by atoms with Crippen LogP contribution < -0.4 is 0 Å². The maximum Gasteiger partial charge on any atom is 0.0579 e. The molecule has 0 saturated heterocycles. The summed E-state index contributed by atoms with van der Waals surface area (Å²) >= 11 is 0. The Morgan fingerprint density at radius 3 is 2.67 bits per heavy atom. The smallest absolute Gasteiger partial charge is 0.0579 e. The predicted molar refractivity (Wildman–Crippen MR) is 47.6 cm³/mol. The van der Waals surface area contributed by atoms with Crippen LogP contribution in [-0.4, -0.2) is 11.2 Å². The Labute approximate surface area is 74.2 Å². The second kappa shape index (κ2) is 1.89. The Bertz CT molecular complexity index is 225. The molecule has 3 aliphatic rings. The normalized spacial score (nSPS) is 67.8. The minimum absolute atomic E-state index is 0.0451. The zero-order chi connectivity index (χ0) is 8.51. The van der Waals surface area contributed by atoms with Gasteiger partial charge in [-0.3, -0.25) is 0 Å². The van der Waals surface area contributed by atoms with Gasteiger partial charge in [-0.25, -0.2) is 0 Å². The van der Waals surface area contributed by atoms with Gasteiger partial charge in [-0.15, -0.1) is 0 Å². The van der Waals surface area contributed by atoms with E-state index in [1.165, 1.54) is 12.8 Å². The molecule has 6 atom stereocenters. The van der Waals surface area contributed by atoms with E-state index in [1.807, 2.05) is 0 Å². The molecule has 68 valence electrons. The second-order valence-corrected chi connectivity index (χ2v) is 5.60. The van der Waals surface area contributed by atoms with Gasteiger partial charge in [-0.2, -0.15) is 0 Å². The summed E-state index contributed by atoms with van der Waals surface area (Å²) in [7, 11) is 0. The number of hydrogen-bond donors (Lipinski definition) is 1. The highest BCUT2D eigenvalue weighted by Gasteiger charge is 2.65. The molecule has 0 aromatic rings. The average molecular weight is 166 g/mol. The summed E-state index contributed by atoms with van der Waals surface area (Å²) in [6.07, 6.45) is 3.95. The van der Waals surface area contributed by atoms with E-state index in [0.29, 0.717) is 11.3 Å². The van der Waals surface area contributed by atoms with Gasteiger partial charge in [-0.05, 0) is 48.3 Å². The minimum atomic E-state index is 0.0451. The van der Waals surface area contributed by atoms with E-state index in [2.05, 4.69) is 13.8 Å². The fourth-order valence-corrected chi connectivity index (χ4v) is 4.62. The van der Waals surface area contributed by atoms with Gasteiger partial charge in [0.25, 0.3) is 0 Å². The SMILES string of the molecule is C[C@H]1CC2[C@H]3C[C@@H](O)[C@H]2C1(C)C3. The third-order valence-corrected chi connectivity index (χ3v) is 5.24. The van der Waals surface area contributed by atoms with Crippen LogP contribution in [0.1, 0.15) is 33.1 Å². The molecule has 0 aromatic carbocycles. The first kappa shape index (κ1) is 7.37. The third-order valence-electron chi connectivity index (χ3n) is 5.24. The van der Waals surface area contributed by atoms with Crippen LogP contribution in [0.25, 0.3) is 0 Å². The van der Waals surface area contributed by atoms with Crippen LogP contribution in [0.4, 0.5) is 0 Å². The van der Waals surface area contributed by atoms with Crippen molar-refractivity contribution < 1.29 is 5.11 Å². The molecule has 12 heavy (non-hydrogen) atoms. The average Bonchev–Trinajstić information content (AvgIpc) is 2.47. The fourth-order valence-electron chi connectivity index (χ4n) is 4.62. The zero-order valence-electron chi connectivity index (χ0n) is 7.96. The van der Waals surface area contributed by atoms with Crippen molar-refractivity contribution in [2.75, 3.05) is 0 Å². The summed E-state index contributed by atoms with van der Waals surface area (Å²) in [5.74, 6) is 3.29. The predicted octanol–water partition coefficient (Wildman–Crippen LogP) is 2.05. The first-order valence-corrected chi connectivity index (χ1v) is 5.31. The number of aliphatic hydroxyl groups is 1. The molecule has 1 heteroatoms. The molecule has 0 aliphatic heterocycles. The molecule has 3 rings (SSSR count). The number of hydrogen-bond acceptors (Lipinski definition) is 1. The van der Waals surface area contributed by atoms with E-state index in [0.717, 1.165) is 24.2 Å². The van der Waals surface area contributed by atoms with Gasteiger partial charge in [0.2, 0.25) is 0 Å². The molecule has 0 radical (unpaired) electrons. The van der Waals surface area contributed by atoms with Gasteiger partial charge < -0.3 is 5.11 Å². The topological polar surface area (TPSA) is 20.2 Å². The summed E-state index contributed by atoms with van der Waals surface area (Å²) in [6.45, 7) is 4.78. The molecular formula is C11H18O. The van der Waals surface area contributed by atoms with Crippen LogP contribution in [0.15, 0.2) is 0 Å². The first-order chi connectivity index (χ1) is 5.63. The monoisotopic (exact) mass is 166 g/mol. The van der Waals surface area contributed by atoms with Crippen molar-refractivity contribution in [1.82, 2.24) is 0 Å². The lowest BCUT2D eigenvalue weighted by Gasteiger charge is -2.39. The Hall–Kier alpha value is -0.0400. The lowest BCUT2D eigenvalue weighted by molar-refractivity contribution is 0.0179. The van der Waals surface area contributed by atoms with Gasteiger partial charge in [0, 0.05) is 0 Å². The molecule has 0 aromatic heterocycles. The second-order valence-electron chi connectivity index (χ2n) is 5.60. The Morgan fingerprint density at radius 1 is 1.33 bits per heavy atom. The Morgan fingerprint density at radius 2 is 2.08 bits per heavy atom. The van der Waals surface area contributed by atoms with Gasteiger partial charge in [-0.1, -0.05) is 13.8 Å². The molecular weight excluding hydrogens is 148 g/mol. The van der Waals surface area contributed by atoms with Crippen LogP contribution in [0.5, 0.6) is 0 Å². The van der Waals surface area contributed by atoms with E-state index in [9.17, 15) is 5.11 Å². The molecule has 0 heterocycles. The minimum Gasteiger partial charge on any atom is -0.393 e. The highest BCUT2D eigenvalue weighted by molar-refractivity contribution is 5.13. The first-order valence-electron chi connectivity index (χ1n) is 5.31. The van der Waals surface area contributed by atoms with Crippen LogP contribution in [0.2, 0.25) is 0 Å². The van der Waals surface area contributed by atoms with E-state index in [4.69, 9.17) is 0 Å². The molecule has 2 unspecified atom stereocenters. The lowest BCUT2D eigenvalue weighted by atomic mass is 9.67. The van der Waals surface area contributed by atoms with Crippen molar-refractivity contribution >= 4 is 0 Å². The molecule has 3 saturated carbocycles. The third kappa shape index (κ3) is 0.585. The van der Waals surface area contributed by atoms with E-state index in [-0.39, 0.29) is 6.10 Å².